The number of aliphatic hydroxyl groups excluding tert-OH is 2. The van der Waals surface area contributed by atoms with Gasteiger partial charge in [-0.3, -0.25) is 9.40 Å². The summed E-state index contributed by atoms with van der Waals surface area (Å²) in [4.78, 5) is 21.7. The molecule has 0 aliphatic carbocycles. The van der Waals surface area contributed by atoms with E-state index in [1.54, 1.807) is 6.92 Å². The summed E-state index contributed by atoms with van der Waals surface area (Å²) in [6.07, 6.45) is -1.65. The van der Waals surface area contributed by atoms with E-state index in [2.05, 4.69) is 10.5 Å². The van der Waals surface area contributed by atoms with Crippen LogP contribution in [0, 0.1) is 6.92 Å². The molecule has 4 atom stereocenters. The first-order chi connectivity index (χ1) is 12.5. The fourth-order valence-electron chi connectivity index (χ4n) is 2.91. The van der Waals surface area contributed by atoms with Crippen LogP contribution in [0.5, 0.6) is 0 Å². The zero-order valence-electron chi connectivity index (χ0n) is 14.7. The van der Waals surface area contributed by atoms with Crippen molar-refractivity contribution in [1.29, 1.82) is 0 Å². The van der Waals surface area contributed by atoms with Crippen molar-refractivity contribution in [1.82, 2.24) is 9.55 Å². The summed E-state index contributed by atoms with van der Waals surface area (Å²) in [7, 11) is 0. The number of nitrogens with one attached hydrogen (secondary N) is 1. The molecule has 0 amide bonds. The van der Waals surface area contributed by atoms with Crippen molar-refractivity contribution in [3.63, 3.8) is 0 Å². The van der Waals surface area contributed by atoms with Crippen LogP contribution in [0.3, 0.4) is 0 Å². The Morgan fingerprint density at radius 3 is 2.65 bits per heavy atom. The van der Waals surface area contributed by atoms with Crippen molar-refractivity contribution >= 4 is 5.82 Å². The number of nitrogens with zero attached hydrogens (tertiary/aromatic N) is 2. The molecule has 0 radical (unpaired) electrons. The van der Waals surface area contributed by atoms with Crippen LogP contribution in [0.2, 0.25) is 0 Å². The first-order valence-corrected chi connectivity index (χ1v) is 8.54. The third-order valence-corrected chi connectivity index (χ3v) is 4.40. The minimum atomic E-state index is -1.19. The van der Waals surface area contributed by atoms with Crippen molar-refractivity contribution in [3.8, 4) is 0 Å². The number of aryl methyl sites for hydroxylation is 1. The fourth-order valence-corrected chi connectivity index (χ4v) is 2.91. The highest BCUT2D eigenvalue weighted by Crippen LogP contribution is 2.30. The number of ether oxygens (including phenoxy) is 1. The first kappa shape index (κ1) is 18.5. The largest absolute Gasteiger partial charge is 0.388 e. The second-order valence-corrected chi connectivity index (χ2v) is 6.29. The quantitative estimate of drug-likeness (QED) is 0.662. The molecule has 0 spiro atoms. The lowest BCUT2D eigenvalue weighted by Gasteiger charge is -2.18. The smallest absolute Gasteiger partial charge is 0.351 e. The van der Waals surface area contributed by atoms with Crippen LogP contribution in [-0.4, -0.2) is 38.1 Å². The number of aliphatic hydroxyl groups is 2. The first-order valence-electron chi connectivity index (χ1n) is 8.54. The molecule has 1 aromatic heterocycles. The van der Waals surface area contributed by atoms with Gasteiger partial charge in [-0.15, -0.1) is 0 Å². The Morgan fingerprint density at radius 1 is 1.27 bits per heavy atom. The van der Waals surface area contributed by atoms with E-state index in [4.69, 9.17) is 9.57 Å². The molecule has 0 bridgehead atoms. The molecule has 2 heterocycles. The van der Waals surface area contributed by atoms with E-state index in [0.717, 1.165) is 5.56 Å². The van der Waals surface area contributed by atoms with Gasteiger partial charge in [0.25, 0.3) is 0 Å². The molecule has 1 aromatic carbocycles. The Balaban J connectivity index is 1.71. The van der Waals surface area contributed by atoms with Crippen LogP contribution in [0.4, 0.5) is 5.82 Å². The number of anilines is 1. The maximum absolute atomic E-state index is 12.3. The Bertz CT molecular complexity index is 795. The van der Waals surface area contributed by atoms with Gasteiger partial charge in [0.05, 0.1) is 12.7 Å². The zero-order valence-corrected chi connectivity index (χ0v) is 14.7. The van der Waals surface area contributed by atoms with Gasteiger partial charge in [0.1, 0.15) is 12.2 Å². The lowest BCUT2D eigenvalue weighted by Crippen LogP contribution is -2.36. The van der Waals surface area contributed by atoms with Gasteiger partial charge >= 0.3 is 5.69 Å². The van der Waals surface area contributed by atoms with Crippen molar-refractivity contribution in [2.75, 3.05) is 5.48 Å². The van der Waals surface area contributed by atoms with E-state index in [0.29, 0.717) is 24.4 Å². The average molecular weight is 361 g/mol. The Labute approximate surface area is 151 Å². The normalized spacial score (nSPS) is 25.4. The Hall–Kier alpha value is -2.26. The molecule has 0 saturated carbocycles. The molecule has 2 unspecified atom stereocenters. The summed E-state index contributed by atoms with van der Waals surface area (Å²) in [6.45, 7) is 3.92. The van der Waals surface area contributed by atoms with Crippen LogP contribution in [0.15, 0.2) is 41.3 Å². The number of rotatable bonds is 6. The second-order valence-electron chi connectivity index (χ2n) is 6.29. The van der Waals surface area contributed by atoms with E-state index in [9.17, 15) is 15.0 Å². The molecule has 2 aromatic rings. The molecular weight excluding hydrogens is 338 g/mol. The lowest BCUT2D eigenvalue weighted by molar-refractivity contribution is -0.0405. The molecule has 3 rings (SSSR count). The summed E-state index contributed by atoms with van der Waals surface area (Å²) >= 11 is 0. The molecule has 1 aliphatic heterocycles. The second kappa shape index (κ2) is 7.96. The monoisotopic (exact) mass is 361 g/mol. The van der Waals surface area contributed by atoms with Crippen LogP contribution >= 0.6 is 0 Å². The molecule has 140 valence electrons. The van der Waals surface area contributed by atoms with Gasteiger partial charge in [0.15, 0.2) is 12.0 Å². The van der Waals surface area contributed by atoms with Crippen LogP contribution in [-0.2, 0) is 16.2 Å². The summed E-state index contributed by atoms with van der Waals surface area (Å²) in [5.41, 5.74) is 3.70. The van der Waals surface area contributed by atoms with E-state index < -0.39 is 30.2 Å². The highest BCUT2D eigenvalue weighted by molar-refractivity contribution is 5.39. The van der Waals surface area contributed by atoms with Crippen LogP contribution in [0.25, 0.3) is 0 Å². The van der Waals surface area contributed by atoms with Gasteiger partial charge in [0.2, 0.25) is 0 Å². The van der Waals surface area contributed by atoms with Crippen molar-refractivity contribution in [2.45, 2.75) is 51.4 Å². The fraction of sp³-hybridized carbons (Fsp3) is 0.444. The maximum Gasteiger partial charge on any atom is 0.351 e. The number of benzene rings is 1. The van der Waals surface area contributed by atoms with Crippen molar-refractivity contribution in [3.05, 3.63) is 58.1 Å². The minimum absolute atomic E-state index is 0.294. The van der Waals surface area contributed by atoms with E-state index in [-0.39, 0.29) is 0 Å². The predicted octanol–water partition coefficient (Wildman–Crippen LogP) is 1.12. The predicted molar refractivity (Wildman–Crippen MR) is 94.3 cm³/mol. The van der Waals surface area contributed by atoms with Gasteiger partial charge in [-0.1, -0.05) is 37.3 Å². The summed E-state index contributed by atoms with van der Waals surface area (Å²) in [5.74, 6) is 0.294. The Kier molecular flexibility index (Phi) is 5.67. The van der Waals surface area contributed by atoms with Crippen molar-refractivity contribution in [2.24, 2.45) is 0 Å². The van der Waals surface area contributed by atoms with Gasteiger partial charge < -0.3 is 14.9 Å². The number of hydrogen-bond acceptors (Lipinski definition) is 7. The highest BCUT2D eigenvalue weighted by atomic mass is 16.6. The molecule has 1 fully saturated rings. The minimum Gasteiger partial charge on any atom is -0.388 e. The SMILES string of the molecule is CC[C@H]1O[C@@H](n2cc(C)c(NOCc3ccccc3)nc2=O)C(O)C1O. The van der Waals surface area contributed by atoms with Gasteiger partial charge in [-0.2, -0.15) is 4.98 Å². The highest BCUT2D eigenvalue weighted by Gasteiger charge is 2.43. The number of hydrogen-bond donors (Lipinski definition) is 3. The summed E-state index contributed by atoms with van der Waals surface area (Å²) in [5, 5.41) is 20.1. The lowest BCUT2D eigenvalue weighted by atomic mass is 10.1. The third-order valence-electron chi connectivity index (χ3n) is 4.40. The summed E-state index contributed by atoms with van der Waals surface area (Å²) < 4.78 is 6.80. The maximum atomic E-state index is 12.3. The summed E-state index contributed by atoms with van der Waals surface area (Å²) in [6, 6.07) is 9.59. The van der Waals surface area contributed by atoms with E-state index in [1.807, 2.05) is 37.3 Å². The number of aromatic nitrogens is 2. The molecule has 3 N–H and O–H groups in total. The van der Waals surface area contributed by atoms with Crippen LogP contribution in [0.1, 0.15) is 30.7 Å². The van der Waals surface area contributed by atoms with Gasteiger partial charge in [-0.05, 0) is 18.9 Å². The molecular formula is C18H23N3O5. The Morgan fingerprint density at radius 2 is 2.00 bits per heavy atom. The van der Waals surface area contributed by atoms with Gasteiger partial charge in [-0.25, -0.2) is 10.3 Å². The third kappa shape index (κ3) is 3.78. The van der Waals surface area contributed by atoms with E-state index >= 15 is 0 Å². The molecule has 1 saturated heterocycles. The van der Waals surface area contributed by atoms with Crippen molar-refractivity contribution < 1.29 is 19.8 Å². The van der Waals surface area contributed by atoms with Crippen LogP contribution < -0.4 is 11.2 Å². The molecule has 26 heavy (non-hydrogen) atoms. The molecule has 1 aliphatic rings. The standard InChI is InChI=1S/C18H23N3O5/c1-3-13-14(22)15(23)17(26-13)21-9-11(2)16(19-18(21)24)20-25-10-12-7-5-4-6-8-12/h4-9,13-15,17,22-23H,3,10H2,1-2H3,(H,19,20,24)/t13-,14?,15?,17-/m1/s1. The topological polar surface area (TPSA) is 106 Å². The zero-order chi connectivity index (χ0) is 18.7. The van der Waals surface area contributed by atoms with Gasteiger partial charge in [0, 0.05) is 11.8 Å². The average Bonchev–Trinajstić information content (AvgIpc) is 2.93. The van der Waals surface area contributed by atoms with E-state index in [1.165, 1.54) is 10.8 Å². The molecule has 8 heteroatoms. The molecule has 8 nitrogen and oxygen atoms in total.